The third-order valence-electron chi connectivity index (χ3n) is 6.95. The molecule has 2 aromatic heterocycles. The molecule has 1 aliphatic carbocycles. The zero-order valence-corrected chi connectivity index (χ0v) is 21.2. The van der Waals surface area contributed by atoms with Gasteiger partial charge in [0.1, 0.15) is 5.82 Å². The highest BCUT2D eigenvalue weighted by Crippen LogP contribution is 2.33. The molecule has 8 nitrogen and oxygen atoms in total. The number of aliphatic carboxylic acids is 1. The van der Waals surface area contributed by atoms with E-state index >= 15 is 0 Å². The van der Waals surface area contributed by atoms with Gasteiger partial charge >= 0.3 is 5.97 Å². The number of tetrazole rings is 1. The van der Waals surface area contributed by atoms with Gasteiger partial charge in [0, 0.05) is 24.6 Å². The van der Waals surface area contributed by atoms with Crippen LogP contribution in [-0.4, -0.2) is 41.3 Å². The number of hydrogen-bond donors (Lipinski definition) is 2. The molecule has 0 bridgehead atoms. The fraction of sp³-hybridized carbons (Fsp3) is 0.345. The summed E-state index contributed by atoms with van der Waals surface area (Å²) >= 11 is 0. The lowest BCUT2D eigenvalue weighted by Crippen LogP contribution is -2.10. The zero-order valence-electron chi connectivity index (χ0n) is 21.2. The largest absolute Gasteiger partial charge is 0.478 e. The van der Waals surface area contributed by atoms with E-state index in [2.05, 4.69) is 62.4 Å². The first kappa shape index (κ1) is 24.6. The molecule has 0 amide bonds. The van der Waals surface area contributed by atoms with Crippen LogP contribution in [0.4, 0.5) is 0 Å². The molecule has 8 heteroatoms. The smallest absolute Gasteiger partial charge is 0.328 e. The second-order valence-electron chi connectivity index (χ2n) is 9.56. The Balaban J connectivity index is 1.49. The standard InChI is InChI=1S/C29H32N6O2/c1-2-3-4-13-26-30-25-12-8-5-9-22(18-27(36)37)28(25)35(26)19-20-14-16-21(17-15-20)23-10-6-7-11-24(23)29-31-33-34-32-29/h6-7,10-11,14-18H,2-5,8-9,12-13,19H2,1H3,(H,36,37)(H,31,32,33,34). The van der Waals surface area contributed by atoms with Crippen LogP contribution >= 0.6 is 0 Å². The van der Waals surface area contributed by atoms with E-state index in [-0.39, 0.29) is 0 Å². The summed E-state index contributed by atoms with van der Waals surface area (Å²) in [6, 6.07) is 16.6. The van der Waals surface area contributed by atoms with Crippen LogP contribution in [0.15, 0.2) is 54.6 Å². The van der Waals surface area contributed by atoms with E-state index in [9.17, 15) is 9.90 Å². The van der Waals surface area contributed by atoms with Crippen LogP contribution in [0, 0.1) is 0 Å². The average Bonchev–Trinajstić information content (AvgIpc) is 3.51. The highest BCUT2D eigenvalue weighted by Gasteiger charge is 2.23. The van der Waals surface area contributed by atoms with Crippen molar-refractivity contribution in [3.63, 3.8) is 0 Å². The topological polar surface area (TPSA) is 110 Å². The predicted octanol–water partition coefficient (Wildman–Crippen LogP) is 5.71. The number of allylic oxidation sites excluding steroid dienone is 1. The first-order valence-corrected chi connectivity index (χ1v) is 13.1. The molecule has 2 aromatic carbocycles. The third kappa shape index (κ3) is 5.53. The van der Waals surface area contributed by atoms with Crippen LogP contribution in [-0.2, 0) is 24.2 Å². The van der Waals surface area contributed by atoms with Crippen molar-refractivity contribution in [3.05, 3.63) is 77.4 Å². The van der Waals surface area contributed by atoms with Crippen molar-refractivity contribution in [1.29, 1.82) is 0 Å². The number of carboxylic acid groups (broad SMARTS) is 1. The highest BCUT2D eigenvalue weighted by atomic mass is 16.4. The lowest BCUT2D eigenvalue weighted by Gasteiger charge is -2.15. The van der Waals surface area contributed by atoms with Crippen molar-refractivity contribution in [1.82, 2.24) is 30.2 Å². The summed E-state index contributed by atoms with van der Waals surface area (Å²) in [6.45, 7) is 2.86. The minimum Gasteiger partial charge on any atom is -0.478 e. The van der Waals surface area contributed by atoms with E-state index in [4.69, 9.17) is 4.98 Å². The Bertz CT molecular complexity index is 1390. The van der Waals surface area contributed by atoms with Gasteiger partial charge in [-0.15, -0.1) is 10.2 Å². The molecule has 2 N–H and O–H groups in total. The molecule has 0 radical (unpaired) electrons. The number of fused-ring (bicyclic) bond motifs is 1. The number of imidazole rings is 1. The summed E-state index contributed by atoms with van der Waals surface area (Å²) in [4.78, 5) is 16.7. The zero-order chi connectivity index (χ0) is 25.6. The van der Waals surface area contributed by atoms with E-state index in [1.54, 1.807) is 0 Å². The Morgan fingerprint density at radius 3 is 2.57 bits per heavy atom. The van der Waals surface area contributed by atoms with Crippen LogP contribution in [0.3, 0.4) is 0 Å². The first-order chi connectivity index (χ1) is 18.1. The maximum absolute atomic E-state index is 11.6. The number of aromatic amines is 1. The average molecular weight is 497 g/mol. The van der Waals surface area contributed by atoms with Crippen LogP contribution < -0.4 is 0 Å². The van der Waals surface area contributed by atoms with Crippen LogP contribution in [0.25, 0.3) is 28.1 Å². The summed E-state index contributed by atoms with van der Waals surface area (Å²) in [7, 11) is 0. The minimum atomic E-state index is -0.896. The Morgan fingerprint density at radius 2 is 1.84 bits per heavy atom. The monoisotopic (exact) mass is 496 g/mol. The van der Waals surface area contributed by atoms with E-state index in [0.717, 1.165) is 96.4 Å². The summed E-state index contributed by atoms with van der Waals surface area (Å²) < 4.78 is 2.27. The van der Waals surface area contributed by atoms with Gasteiger partial charge in [-0.05, 0) is 59.6 Å². The second kappa shape index (κ2) is 11.3. The fourth-order valence-corrected chi connectivity index (χ4v) is 5.18. The van der Waals surface area contributed by atoms with Crippen molar-refractivity contribution < 1.29 is 9.90 Å². The number of hydrogen-bond acceptors (Lipinski definition) is 5. The van der Waals surface area contributed by atoms with E-state index in [0.29, 0.717) is 12.4 Å². The molecule has 0 spiro atoms. The number of unbranched alkanes of at least 4 members (excludes halogenated alkanes) is 2. The summed E-state index contributed by atoms with van der Waals surface area (Å²) in [5.74, 6) is 0.728. The number of carboxylic acids is 1. The minimum absolute atomic E-state index is 0.565. The molecule has 0 saturated carbocycles. The van der Waals surface area contributed by atoms with Crippen molar-refractivity contribution >= 4 is 11.5 Å². The van der Waals surface area contributed by atoms with E-state index < -0.39 is 5.97 Å². The Kier molecular flexibility index (Phi) is 7.54. The number of benzene rings is 2. The normalized spacial score (nSPS) is 14.5. The molecule has 4 aromatic rings. The van der Waals surface area contributed by atoms with Crippen molar-refractivity contribution in [3.8, 4) is 22.5 Å². The molecule has 0 unspecified atom stereocenters. The number of carbonyl (C=O) groups is 1. The quantitative estimate of drug-likeness (QED) is 0.175. The van der Waals surface area contributed by atoms with Gasteiger partial charge in [-0.25, -0.2) is 9.78 Å². The van der Waals surface area contributed by atoms with Gasteiger partial charge in [0.15, 0.2) is 0 Å². The van der Waals surface area contributed by atoms with Crippen LogP contribution in [0.1, 0.15) is 68.2 Å². The highest BCUT2D eigenvalue weighted by molar-refractivity contribution is 5.90. The van der Waals surface area contributed by atoms with E-state index in [1.165, 1.54) is 6.08 Å². The lowest BCUT2D eigenvalue weighted by atomic mass is 9.98. The molecular formula is C29H32N6O2. The number of nitrogens with zero attached hydrogens (tertiary/aromatic N) is 5. The number of H-pyrrole nitrogens is 1. The van der Waals surface area contributed by atoms with Gasteiger partial charge in [0.05, 0.1) is 11.4 Å². The molecule has 0 fully saturated rings. The molecule has 190 valence electrons. The van der Waals surface area contributed by atoms with Gasteiger partial charge in [0.25, 0.3) is 0 Å². The molecule has 2 heterocycles. The van der Waals surface area contributed by atoms with Gasteiger partial charge in [-0.1, -0.05) is 68.3 Å². The maximum atomic E-state index is 11.6. The maximum Gasteiger partial charge on any atom is 0.328 e. The molecular weight excluding hydrogens is 464 g/mol. The number of rotatable bonds is 9. The van der Waals surface area contributed by atoms with Crippen LogP contribution in [0.5, 0.6) is 0 Å². The second-order valence-corrected chi connectivity index (χ2v) is 9.56. The summed E-state index contributed by atoms with van der Waals surface area (Å²) in [6.07, 6.45) is 9.35. The molecule has 5 rings (SSSR count). The van der Waals surface area contributed by atoms with Gasteiger partial charge in [-0.2, -0.15) is 5.21 Å². The molecule has 0 aliphatic heterocycles. The molecule has 37 heavy (non-hydrogen) atoms. The third-order valence-corrected chi connectivity index (χ3v) is 6.95. The first-order valence-electron chi connectivity index (χ1n) is 13.1. The Labute approximate surface area is 216 Å². The van der Waals surface area contributed by atoms with Gasteiger partial charge < -0.3 is 9.67 Å². The SMILES string of the molecule is CCCCCc1nc2c(n1Cc1ccc(-c3ccccc3-c3nn[nH]n3)cc1)C(=CC(=O)O)CCCC2. The Morgan fingerprint density at radius 1 is 1.05 bits per heavy atom. The number of aryl methyl sites for hydroxylation is 2. The Hall–Kier alpha value is -4.07. The lowest BCUT2D eigenvalue weighted by molar-refractivity contribution is -0.131. The summed E-state index contributed by atoms with van der Waals surface area (Å²) in [5.41, 5.74) is 7.13. The number of aromatic nitrogens is 6. The van der Waals surface area contributed by atoms with Gasteiger partial charge in [0.2, 0.25) is 5.82 Å². The fourth-order valence-electron chi connectivity index (χ4n) is 5.18. The van der Waals surface area contributed by atoms with Crippen molar-refractivity contribution in [2.75, 3.05) is 0 Å². The van der Waals surface area contributed by atoms with Crippen molar-refractivity contribution in [2.45, 2.75) is 64.8 Å². The molecule has 1 aliphatic rings. The van der Waals surface area contributed by atoms with E-state index in [1.807, 2.05) is 18.2 Å². The van der Waals surface area contributed by atoms with Gasteiger partial charge in [-0.3, -0.25) is 0 Å². The van der Waals surface area contributed by atoms with Crippen LogP contribution in [0.2, 0.25) is 0 Å². The number of nitrogens with one attached hydrogen (secondary N) is 1. The molecule has 0 atom stereocenters. The molecule has 0 saturated heterocycles. The van der Waals surface area contributed by atoms with Crippen molar-refractivity contribution in [2.24, 2.45) is 0 Å². The summed E-state index contributed by atoms with van der Waals surface area (Å²) in [5, 5.41) is 24.1. The predicted molar refractivity (Wildman–Crippen MR) is 143 cm³/mol.